The molecule has 0 aliphatic rings. The SMILES string of the molecule is COC(=Cc1ccccc1)C(C)=Cc1ccccc1. The number of hydrogen-bond acceptors (Lipinski definition) is 1. The molecule has 0 fully saturated rings. The van der Waals surface area contributed by atoms with Gasteiger partial charge in [0.05, 0.1) is 7.11 Å². The maximum absolute atomic E-state index is 5.48. The molecule has 0 aliphatic heterocycles. The Labute approximate surface area is 114 Å². The van der Waals surface area contributed by atoms with Crippen LogP contribution in [0, 0.1) is 0 Å². The van der Waals surface area contributed by atoms with Gasteiger partial charge < -0.3 is 4.74 Å². The summed E-state index contributed by atoms with van der Waals surface area (Å²) in [5.41, 5.74) is 3.42. The second kappa shape index (κ2) is 6.60. The smallest absolute Gasteiger partial charge is 0.122 e. The first-order valence-corrected chi connectivity index (χ1v) is 6.34. The largest absolute Gasteiger partial charge is 0.496 e. The van der Waals surface area contributed by atoms with E-state index >= 15 is 0 Å². The average Bonchev–Trinajstić information content (AvgIpc) is 2.47. The quantitative estimate of drug-likeness (QED) is 0.560. The molecule has 0 bridgehead atoms. The third-order valence-electron chi connectivity index (χ3n) is 2.89. The molecule has 0 aromatic heterocycles. The van der Waals surface area contributed by atoms with Crippen molar-refractivity contribution in [3.63, 3.8) is 0 Å². The molecule has 2 aromatic rings. The highest BCUT2D eigenvalue weighted by Crippen LogP contribution is 2.18. The second-order valence-electron chi connectivity index (χ2n) is 4.36. The number of allylic oxidation sites excluding steroid dienone is 1. The monoisotopic (exact) mass is 250 g/mol. The molecule has 0 radical (unpaired) electrons. The zero-order valence-corrected chi connectivity index (χ0v) is 11.3. The van der Waals surface area contributed by atoms with Crippen LogP contribution in [0.5, 0.6) is 0 Å². The molecule has 0 heterocycles. The van der Waals surface area contributed by atoms with Crippen LogP contribution in [-0.2, 0) is 4.74 Å². The molecular formula is C18H18O. The standard InChI is InChI=1S/C18H18O/c1-15(13-16-9-5-3-6-10-16)18(19-2)14-17-11-7-4-8-12-17/h3-14H,1-2H3. The van der Waals surface area contributed by atoms with Crippen LogP contribution in [0.4, 0.5) is 0 Å². The highest BCUT2D eigenvalue weighted by atomic mass is 16.5. The minimum absolute atomic E-state index is 0.884. The lowest BCUT2D eigenvalue weighted by Crippen LogP contribution is -1.89. The van der Waals surface area contributed by atoms with Crippen LogP contribution in [0.25, 0.3) is 12.2 Å². The van der Waals surface area contributed by atoms with E-state index in [1.807, 2.05) is 36.4 Å². The first-order valence-electron chi connectivity index (χ1n) is 6.34. The Morgan fingerprint density at radius 1 is 0.789 bits per heavy atom. The summed E-state index contributed by atoms with van der Waals surface area (Å²) in [5.74, 6) is 0.884. The molecule has 0 atom stereocenters. The average molecular weight is 250 g/mol. The van der Waals surface area contributed by atoms with Gasteiger partial charge in [-0.2, -0.15) is 0 Å². The predicted molar refractivity (Wildman–Crippen MR) is 81.5 cm³/mol. The molecule has 0 amide bonds. The molecule has 0 saturated heterocycles. The van der Waals surface area contributed by atoms with Gasteiger partial charge in [0.2, 0.25) is 0 Å². The minimum Gasteiger partial charge on any atom is -0.496 e. The van der Waals surface area contributed by atoms with Crippen LogP contribution in [0.1, 0.15) is 18.1 Å². The van der Waals surface area contributed by atoms with E-state index in [0.717, 1.165) is 16.9 Å². The highest BCUT2D eigenvalue weighted by molar-refractivity contribution is 5.63. The third-order valence-corrected chi connectivity index (χ3v) is 2.89. The van der Waals surface area contributed by atoms with E-state index in [9.17, 15) is 0 Å². The Balaban J connectivity index is 2.27. The van der Waals surface area contributed by atoms with Gasteiger partial charge in [-0.3, -0.25) is 0 Å². The van der Waals surface area contributed by atoms with E-state index in [-0.39, 0.29) is 0 Å². The molecule has 1 heteroatoms. The van der Waals surface area contributed by atoms with Crippen LogP contribution in [0.15, 0.2) is 72.0 Å². The number of methoxy groups -OCH3 is 1. The van der Waals surface area contributed by atoms with E-state index in [0.29, 0.717) is 0 Å². The summed E-state index contributed by atoms with van der Waals surface area (Å²) < 4.78 is 5.48. The topological polar surface area (TPSA) is 9.23 Å². The summed E-state index contributed by atoms with van der Waals surface area (Å²) >= 11 is 0. The van der Waals surface area contributed by atoms with Crippen molar-refractivity contribution in [2.45, 2.75) is 6.92 Å². The van der Waals surface area contributed by atoms with Gasteiger partial charge in [-0.1, -0.05) is 60.7 Å². The first kappa shape index (κ1) is 13.2. The van der Waals surface area contributed by atoms with Crippen molar-refractivity contribution in [3.05, 3.63) is 83.1 Å². The van der Waals surface area contributed by atoms with Crippen molar-refractivity contribution in [1.29, 1.82) is 0 Å². The van der Waals surface area contributed by atoms with Gasteiger partial charge in [0, 0.05) is 0 Å². The molecule has 96 valence electrons. The summed E-state index contributed by atoms with van der Waals surface area (Å²) in [5, 5.41) is 0. The van der Waals surface area contributed by atoms with Crippen molar-refractivity contribution in [2.24, 2.45) is 0 Å². The Kier molecular flexibility index (Phi) is 4.57. The lowest BCUT2D eigenvalue weighted by molar-refractivity contribution is 0.305. The molecule has 2 rings (SSSR count). The molecular weight excluding hydrogens is 232 g/mol. The van der Waals surface area contributed by atoms with Gasteiger partial charge in [-0.05, 0) is 35.8 Å². The van der Waals surface area contributed by atoms with E-state index in [2.05, 4.69) is 43.3 Å². The summed E-state index contributed by atoms with van der Waals surface area (Å²) in [7, 11) is 1.71. The van der Waals surface area contributed by atoms with Gasteiger partial charge in [-0.15, -0.1) is 0 Å². The molecule has 0 aliphatic carbocycles. The molecule has 1 nitrogen and oxygen atoms in total. The number of rotatable bonds is 4. The Morgan fingerprint density at radius 2 is 1.26 bits per heavy atom. The molecule has 0 N–H and O–H groups in total. The van der Waals surface area contributed by atoms with Gasteiger partial charge in [0.25, 0.3) is 0 Å². The lowest BCUT2D eigenvalue weighted by atomic mass is 10.1. The third kappa shape index (κ3) is 3.85. The maximum Gasteiger partial charge on any atom is 0.122 e. The van der Waals surface area contributed by atoms with E-state index < -0.39 is 0 Å². The number of hydrogen-bond donors (Lipinski definition) is 0. The Bertz CT molecular complexity index is 565. The lowest BCUT2D eigenvalue weighted by Gasteiger charge is -2.07. The fourth-order valence-corrected chi connectivity index (χ4v) is 1.90. The van der Waals surface area contributed by atoms with Crippen molar-refractivity contribution in [1.82, 2.24) is 0 Å². The second-order valence-corrected chi connectivity index (χ2v) is 4.36. The van der Waals surface area contributed by atoms with Crippen LogP contribution in [-0.4, -0.2) is 7.11 Å². The first-order chi connectivity index (χ1) is 9.29. The van der Waals surface area contributed by atoms with Crippen molar-refractivity contribution < 1.29 is 4.74 Å². The van der Waals surface area contributed by atoms with Crippen molar-refractivity contribution in [2.75, 3.05) is 7.11 Å². The van der Waals surface area contributed by atoms with Gasteiger partial charge in [0.15, 0.2) is 0 Å². The minimum atomic E-state index is 0.884. The summed E-state index contributed by atoms with van der Waals surface area (Å²) in [6, 6.07) is 20.4. The maximum atomic E-state index is 5.48. The molecule has 0 unspecified atom stereocenters. The summed E-state index contributed by atoms with van der Waals surface area (Å²) in [6.45, 7) is 2.06. The van der Waals surface area contributed by atoms with Crippen LogP contribution >= 0.6 is 0 Å². The van der Waals surface area contributed by atoms with Crippen LogP contribution in [0.2, 0.25) is 0 Å². The number of ether oxygens (including phenoxy) is 1. The molecule has 2 aromatic carbocycles. The summed E-state index contributed by atoms with van der Waals surface area (Å²) in [6.07, 6.45) is 4.17. The zero-order valence-electron chi connectivity index (χ0n) is 11.3. The fraction of sp³-hybridized carbons (Fsp3) is 0.111. The zero-order chi connectivity index (χ0) is 13.5. The molecule has 19 heavy (non-hydrogen) atoms. The van der Waals surface area contributed by atoms with Crippen LogP contribution < -0.4 is 0 Å². The highest BCUT2D eigenvalue weighted by Gasteiger charge is 2.00. The predicted octanol–water partition coefficient (Wildman–Crippen LogP) is 4.78. The number of benzene rings is 2. The van der Waals surface area contributed by atoms with E-state index in [4.69, 9.17) is 4.74 Å². The Morgan fingerprint density at radius 3 is 1.74 bits per heavy atom. The van der Waals surface area contributed by atoms with Crippen molar-refractivity contribution >= 4 is 12.2 Å². The Hall–Kier alpha value is -2.28. The van der Waals surface area contributed by atoms with Crippen LogP contribution in [0.3, 0.4) is 0 Å². The van der Waals surface area contributed by atoms with Crippen molar-refractivity contribution in [3.8, 4) is 0 Å². The molecule has 0 spiro atoms. The normalized spacial score (nSPS) is 12.3. The van der Waals surface area contributed by atoms with E-state index in [1.165, 1.54) is 5.56 Å². The van der Waals surface area contributed by atoms with E-state index in [1.54, 1.807) is 7.11 Å². The fourth-order valence-electron chi connectivity index (χ4n) is 1.90. The summed E-state index contributed by atoms with van der Waals surface area (Å²) in [4.78, 5) is 0. The van der Waals surface area contributed by atoms with Gasteiger partial charge in [0.1, 0.15) is 5.76 Å². The van der Waals surface area contributed by atoms with Gasteiger partial charge >= 0.3 is 0 Å². The van der Waals surface area contributed by atoms with Gasteiger partial charge in [-0.25, -0.2) is 0 Å². The molecule has 0 saturated carbocycles.